The first kappa shape index (κ1) is 13.2. The molecule has 16 heavy (non-hydrogen) atoms. The van der Waals surface area contributed by atoms with E-state index < -0.39 is 0 Å². The van der Waals surface area contributed by atoms with Crippen LogP contribution in [0.25, 0.3) is 0 Å². The molecule has 1 aliphatic rings. The van der Waals surface area contributed by atoms with Crippen molar-refractivity contribution >= 4 is 5.91 Å². The number of hydrogen-bond acceptors (Lipinski definition) is 2. The Balaban J connectivity index is 2.04. The van der Waals surface area contributed by atoms with Crippen molar-refractivity contribution in [1.29, 1.82) is 0 Å². The summed E-state index contributed by atoms with van der Waals surface area (Å²) in [5, 5.41) is 6.25. The van der Waals surface area contributed by atoms with Crippen LogP contribution >= 0.6 is 0 Å². The fourth-order valence-electron chi connectivity index (χ4n) is 1.65. The molecule has 0 saturated heterocycles. The molecule has 3 heteroatoms. The van der Waals surface area contributed by atoms with Gasteiger partial charge in [-0.2, -0.15) is 0 Å². The lowest BCUT2D eigenvalue weighted by atomic mass is 10.1. The summed E-state index contributed by atoms with van der Waals surface area (Å²) < 4.78 is 0. The van der Waals surface area contributed by atoms with Crippen LogP contribution in [-0.4, -0.2) is 25.0 Å². The maximum atomic E-state index is 11.5. The van der Waals surface area contributed by atoms with Gasteiger partial charge in [-0.1, -0.05) is 13.0 Å². The number of carbonyl (C=O) groups excluding carboxylic acids is 1. The highest BCUT2D eigenvalue weighted by Crippen LogP contribution is 2.27. The Kier molecular flexibility index (Phi) is 6.16. The zero-order valence-electron chi connectivity index (χ0n) is 10.3. The van der Waals surface area contributed by atoms with Crippen LogP contribution in [0.2, 0.25) is 0 Å². The number of carbonyl (C=O) groups is 1. The smallest absolute Gasteiger partial charge is 0.233 e. The van der Waals surface area contributed by atoms with Crippen molar-refractivity contribution in [3.05, 3.63) is 12.7 Å². The summed E-state index contributed by atoms with van der Waals surface area (Å²) in [7, 11) is 0. The molecule has 0 heterocycles. The lowest BCUT2D eigenvalue weighted by molar-refractivity contribution is -0.120. The summed E-state index contributed by atoms with van der Waals surface area (Å²) >= 11 is 0. The highest BCUT2D eigenvalue weighted by Gasteiger charge is 2.21. The SMILES string of the molecule is C=CCCC(CC)NCC(=O)NCC1CC1. The Hall–Kier alpha value is -0.830. The predicted octanol–water partition coefficient (Wildman–Crippen LogP) is 1.85. The Bertz CT molecular complexity index is 224. The molecule has 92 valence electrons. The highest BCUT2D eigenvalue weighted by molar-refractivity contribution is 5.78. The van der Waals surface area contributed by atoms with E-state index in [-0.39, 0.29) is 5.91 Å². The molecule has 0 aliphatic heterocycles. The van der Waals surface area contributed by atoms with Gasteiger partial charge in [-0.15, -0.1) is 6.58 Å². The van der Waals surface area contributed by atoms with Gasteiger partial charge >= 0.3 is 0 Å². The van der Waals surface area contributed by atoms with Crippen LogP contribution in [0.4, 0.5) is 0 Å². The molecule has 0 radical (unpaired) electrons. The summed E-state index contributed by atoms with van der Waals surface area (Å²) in [6.45, 7) is 7.16. The number of hydrogen-bond donors (Lipinski definition) is 2. The summed E-state index contributed by atoms with van der Waals surface area (Å²) in [5.41, 5.74) is 0. The molecule has 0 bridgehead atoms. The molecule has 1 rings (SSSR count). The first-order chi connectivity index (χ1) is 7.76. The zero-order valence-corrected chi connectivity index (χ0v) is 10.3. The van der Waals surface area contributed by atoms with E-state index in [2.05, 4.69) is 24.1 Å². The maximum absolute atomic E-state index is 11.5. The second kappa shape index (κ2) is 7.44. The van der Waals surface area contributed by atoms with Crippen molar-refractivity contribution in [3.63, 3.8) is 0 Å². The number of allylic oxidation sites excluding steroid dienone is 1. The van der Waals surface area contributed by atoms with Crippen LogP contribution in [0.3, 0.4) is 0 Å². The largest absolute Gasteiger partial charge is 0.355 e. The molecule has 1 aliphatic carbocycles. The van der Waals surface area contributed by atoms with E-state index in [1.807, 2.05) is 6.08 Å². The predicted molar refractivity (Wildman–Crippen MR) is 67.2 cm³/mol. The Labute approximate surface area is 98.7 Å². The monoisotopic (exact) mass is 224 g/mol. The van der Waals surface area contributed by atoms with E-state index >= 15 is 0 Å². The third-order valence-corrected chi connectivity index (χ3v) is 3.05. The minimum atomic E-state index is 0.129. The summed E-state index contributed by atoms with van der Waals surface area (Å²) in [5.74, 6) is 0.885. The first-order valence-corrected chi connectivity index (χ1v) is 6.37. The van der Waals surface area contributed by atoms with E-state index in [0.29, 0.717) is 12.6 Å². The topological polar surface area (TPSA) is 41.1 Å². The van der Waals surface area contributed by atoms with Gasteiger partial charge in [-0.05, 0) is 38.0 Å². The molecular formula is C13H24N2O. The second-order valence-corrected chi connectivity index (χ2v) is 4.60. The van der Waals surface area contributed by atoms with Gasteiger partial charge in [0.15, 0.2) is 0 Å². The number of amides is 1. The van der Waals surface area contributed by atoms with E-state index in [1.165, 1.54) is 12.8 Å². The number of rotatable bonds is 9. The van der Waals surface area contributed by atoms with E-state index in [1.54, 1.807) is 0 Å². The average molecular weight is 224 g/mol. The van der Waals surface area contributed by atoms with Gasteiger partial charge in [0.1, 0.15) is 0 Å². The van der Waals surface area contributed by atoms with Gasteiger partial charge in [-0.25, -0.2) is 0 Å². The molecule has 0 aromatic rings. The molecule has 0 spiro atoms. The van der Waals surface area contributed by atoms with Crippen molar-refractivity contribution in [2.45, 2.75) is 45.1 Å². The number of nitrogens with one attached hydrogen (secondary N) is 2. The van der Waals surface area contributed by atoms with E-state index in [4.69, 9.17) is 0 Å². The zero-order chi connectivity index (χ0) is 11.8. The third-order valence-electron chi connectivity index (χ3n) is 3.05. The molecule has 1 fully saturated rings. The van der Waals surface area contributed by atoms with Gasteiger partial charge in [0, 0.05) is 12.6 Å². The van der Waals surface area contributed by atoms with Crippen LogP contribution in [0.5, 0.6) is 0 Å². The molecule has 1 amide bonds. The molecule has 0 aromatic heterocycles. The first-order valence-electron chi connectivity index (χ1n) is 6.37. The van der Waals surface area contributed by atoms with Gasteiger partial charge in [-0.3, -0.25) is 4.79 Å². The maximum Gasteiger partial charge on any atom is 0.233 e. The molecule has 1 atom stereocenters. The van der Waals surface area contributed by atoms with Crippen molar-refractivity contribution in [2.24, 2.45) is 5.92 Å². The second-order valence-electron chi connectivity index (χ2n) is 4.60. The van der Waals surface area contributed by atoms with Gasteiger partial charge in [0.2, 0.25) is 5.91 Å². The quantitative estimate of drug-likeness (QED) is 0.587. The van der Waals surface area contributed by atoms with Crippen LogP contribution in [0.1, 0.15) is 39.0 Å². The third kappa shape index (κ3) is 5.91. The van der Waals surface area contributed by atoms with Crippen LogP contribution < -0.4 is 10.6 Å². The average Bonchev–Trinajstić information content (AvgIpc) is 3.10. The molecular weight excluding hydrogens is 200 g/mol. The Morgan fingerprint density at radius 3 is 2.88 bits per heavy atom. The summed E-state index contributed by atoms with van der Waals surface area (Å²) in [6, 6.07) is 0.435. The van der Waals surface area contributed by atoms with E-state index in [9.17, 15) is 4.79 Å². The molecule has 1 unspecified atom stereocenters. The standard InChI is InChI=1S/C13H24N2O/c1-3-5-6-12(4-2)14-10-13(16)15-9-11-7-8-11/h3,11-12,14H,1,4-10H2,2H3,(H,15,16). The highest BCUT2D eigenvalue weighted by atomic mass is 16.1. The summed E-state index contributed by atoms with van der Waals surface area (Å²) in [4.78, 5) is 11.5. The molecule has 2 N–H and O–H groups in total. The van der Waals surface area contributed by atoms with Crippen LogP contribution in [0.15, 0.2) is 12.7 Å². The van der Waals surface area contributed by atoms with Crippen molar-refractivity contribution in [3.8, 4) is 0 Å². The van der Waals surface area contributed by atoms with Crippen LogP contribution in [-0.2, 0) is 4.79 Å². The molecule has 0 aromatic carbocycles. The fraction of sp³-hybridized carbons (Fsp3) is 0.769. The van der Waals surface area contributed by atoms with Gasteiger partial charge < -0.3 is 10.6 Å². The molecule has 3 nitrogen and oxygen atoms in total. The minimum absolute atomic E-state index is 0.129. The minimum Gasteiger partial charge on any atom is -0.355 e. The van der Waals surface area contributed by atoms with Crippen LogP contribution in [0, 0.1) is 5.92 Å². The van der Waals surface area contributed by atoms with Gasteiger partial charge in [0.05, 0.1) is 6.54 Å². The van der Waals surface area contributed by atoms with Crippen molar-refractivity contribution in [2.75, 3.05) is 13.1 Å². The Morgan fingerprint density at radius 1 is 1.56 bits per heavy atom. The van der Waals surface area contributed by atoms with Crippen molar-refractivity contribution in [1.82, 2.24) is 10.6 Å². The van der Waals surface area contributed by atoms with Gasteiger partial charge in [0.25, 0.3) is 0 Å². The van der Waals surface area contributed by atoms with Crippen molar-refractivity contribution < 1.29 is 4.79 Å². The lowest BCUT2D eigenvalue weighted by Gasteiger charge is -2.15. The lowest BCUT2D eigenvalue weighted by Crippen LogP contribution is -2.39. The van der Waals surface area contributed by atoms with E-state index in [0.717, 1.165) is 31.7 Å². The normalized spacial score (nSPS) is 16.8. The Morgan fingerprint density at radius 2 is 2.31 bits per heavy atom. The fourth-order valence-corrected chi connectivity index (χ4v) is 1.65. The molecule has 1 saturated carbocycles. The summed E-state index contributed by atoms with van der Waals surface area (Å²) in [6.07, 6.45) is 7.63.